The number of hydrogen-bond acceptors (Lipinski definition) is 3. The molecular formula is C21H43IN4O. The highest BCUT2D eigenvalue weighted by molar-refractivity contribution is 14.0. The first kappa shape index (κ1) is 25.0. The summed E-state index contributed by atoms with van der Waals surface area (Å²) in [4.78, 5) is 10.0. The zero-order chi connectivity index (χ0) is 18.8. The minimum Gasteiger partial charge on any atom is -0.381 e. The zero-order valence-corrected chi connectivity index (χ0v) is 20.4. The van der Waals surface area contributed by atoms with Gasteiger partial charge < -0.3 is 15.0 Å². The van der Waals surface area contributed by atoms with Crippen LogP contribution in [0.2, 0.25) is 0 Å². The van der Waals surface area contributed by atoms with Gasteiger partial charge in [0.2, 0.25) is 0 Å². The minimum absolute atomic E-state index is 0. The Balaban J connectivity index is 0.00000364. The van der Waals surface area contributed by atoms with Gasteiger partial charge in [0.05, 0.1) is 6.54 Å². The topological polar surface area (TPSA) is 40.1 Å². The molecule has 2 aliphatic heterocycles. The van der Waals surface area contributed by atoms with Gasteiger partial charge in [-0.15, -0.1) is 24.0 Å². The molecule has 0 saturated carbocycles. The highest BCUT2D eigenvalue weighted by Crippen LogP contribution is 2.20. The standard InChI is InChI=1S/C21H42N4O.HI/c1-5-22-21(24(4)13-9-19-10-14-26-15-11-19)23-16-20-8-6-7-12-25(20)17-18(2)3;/h18-20H,5-17H2,1-4H3,(H,22,23);1H. The van der Waals surface area contributed by atoms with E-state index in [0.717, 1.165) is 50.6 Å². The molecule has 0 spiro atoms. The molecule has 0 aromatic heterocycles. The number of nitrogens with zero attached hydrogens (tertiary/aromatic N) is 3. The lowest BCUT2D eigenvalue weighted by molar-refractivity contribution is 0.0625. The van der Waals surface area contributed by atoms with Gasteiger partial charge in [-0.25, -0.2) is 0 Å². The molecule has 1 unspecified atom stereocenters. The molecule has 0 bridgehead atoms. The first-order valence-electron chi connectivity index (χ1n) is 10.9. The van der Waals surface area contributed by atoms with Gasteiger partial charge in [0.1, 0.15) is 0 Å². The van der Waals surface area contributed by atoms with E-state index in [1.165, 1.54) is 51.6 Å². The van der Waals surface area contributed by atoms with Gasteiger partial charge in [0, 0.05) is 45.9 Å². The summed E-state index contributed by atoms with van der Waals surface area (Å²) in [5, 5.41) is 3.50. The van der Waals surface area contributed by atoms with Crippen LogP contribution in [0.15, 0.2) is 4.99 Å². The minimum atomic E-state index is 0. The van der Waals surface area contributed by atoms with Gasteiger partial charge in [-0.3, -0.25) is 9.89 Å². The number of nitrogens with one attached hydrogen (secondary N) is 1. The predicted octanol–water partition coefficient (Wildman–Crippen LogP) is 3.83. The Morgan fingerprint density at radius 2 is 1.96 bits per heavy atom. The van der Waals surface area contributed by atoms with Crippen LogP contribution < -0.4 is 5.32 Å². The summed E-state index contributed by atoms with van der Waals surface area (Å²) in [5.41, 5.74) is 0. The fraction of sp³-hybridized carbons (Fsp3) is 0.952. The maximum atomic E-state index is 5.48. The second-order valence-electron chi connectivity index (χ2n) is 8.50. The first-order valence-corrected chi connectivity index (χ1v) is 10.9. The highest BCUT2D eigenvalue weighted by Gasteiger charge is 2.23. The second kappa shape index (κ2) is 14.0. The third kappa shape index (κ3) is 9.31. The van der Waals surface area contributed by atoms with Crippen molar-refractivity contribution in [2.45, 2.75) is 65.3 Å². The Hall–Kier alpha value is -0.0800. The predicted molar refractivity (Wildman–Crippen MR) is 126 cm³/mol. The summed E-state index contributed by atoms with van der Waals surface area (Å²) >= 11 is 0. The van der Waals surface area contributed by atoms with Gasteiger partial charge in [-0.2, -0.15) is 0 Å². The smallest absolute Gasteiger partial charge is 0.193 e. The van der Waals surface area contributed by atoms with Crippen LogP contribution in [0.5, 0.6) is 0 Å². The zero-order valence-electron chi connectivity index (χ0n) is 18.1. The van der Waals surface area contributed by atoms with Crippen LogP contribution >= 0.6 is 24.0 Å². The molecule has 2 rings (SSSR count). The molecule has 27 heavy (non-hydrogen) atoms. The van der Waals surface area contributed by atoms with Crippen molar-refractivity contribution in [3.05, 3.63) is 0 Å². The average molecular weight is 495 g/mol. The molecule has 0 radical (unpaired) electrons. The molecule has 2 heterocycles. The van der Waals surface area contributed by atoms with Crippen LogP contribution in [0.25, 0.3) is 0 Å². The van der Waals surface area contributed by atoms with E-state index in [4.69, 9.17) is 9.73 Å². The van der Waals surface area contributed by atoms with Gasteiger partial charge in [0.15, 0.2) is 5.96 Å². The van der Waals surface area contributed by atoms with Crippen molar-refractivity contribution in [2.75, 3.05) is 53.0 Å². The highest BCUT2D eigenvalue weighted by atomic mass is 127. The molecule has 1 N–H and O–H groups in total. The molecule has 1 atom stereocenters. The quantitative estimate of drug-likeness (QED) is 0.317. The number of aliphatic imine (C=N–C) groups is 1. The Labute approximate surface area is 184 Å². The molecule has 0 aromatic rings. The van der Waals surface area contributed by atoms with Crippen molar-refractivity contribution >= 4 is 29.9 Å². The summed E-state index contributed by atoms with van der Waals surface area (Å²) in [5.74, 6) is 2.62. The molecule has 0 amide bonds. The molecule has 2 fully saturated rings. The maximum Gasteiger partial charge on any atom is 0.193 e. The summed E-state index contributed by atoms with van der Waals surface area (Å²) < 4.78 is 5.48. The van der Waals surface area contributed by atoms with E-state index < -0.39 is 0 Å². The Morgan fingerprint density at radius 3 is 2.63 bits per heavy atom. The SMILES string of the molecule is CCNC(=NCC1CCCCN1CC(C)C)N(C)CCC1CCOCC1.I. The molecular weight excluding hydrogens is 451 g/mol. The van der Waals surface area contributed by atoms with E-state index in [-0.39, 0.29) is 24.0 Å². The lowest BCUT2D eigenvalue weighted by Gasteiger charge is -2.36. The number of halogens is 1. The summed E-state index contributed by atoms with van der Waals surface area (Å²) in [7, 11) is 2.19. The lowest BCUT2D eigenvalue weighted by atomic mass is 9.96. The van der Waals surface area contributed by atoms with Crippen molar-refractivity contribution in [3.63, 3.8) is 0 Å². The maximum absolute atomic E-state index is 5.48. The van der Waals surface area contributed by atoms with Gasteiger partial charge in [0.25, 0.3) is 0 Å². The molecule has 2 saturated heterocycles. The summed E-state index contributed by atoms with van der Waals surface area (Å²) in [6, 6.07) is 0.615. The third-order valence-electron chi connectivity index (χ3n) is 5.71. The van der Waals surface area contributed by atoms with Crippen molar-refractivity contribution < 1.29 is 4.74 Å². The van der Waals surface area contributed by atoms with E-state index in [1.807, 2.05) is 0 Å². The fourth-order valence-corrected chi connectivity index (χ4v) is 4.15. The van der Waals surface area contributed by atoms with Crippen LogP contribution in [0.1, 0.15) is 59.3 Å². The summed E-state index contributed by atoms with van der Waals surface area (Å²) in [6.07, 6.45) is 7.67. The largest absolute Gasteiger partial charge is 0.381 e. The Kier molecular flexibility index (Phi) is 12.9. The molecule has 6 heteroatoms. The summed E-state index contributed by atoms with van der Waals surface area (Å²) in [6.45, 7) is 14.1. The second-order valence-corrected chi connectivity index (χ2v) is 8.50. The molecule has 0 aromatic carbocycles. The van der Waals surface area contributed by atoms with Crippen LogP contribution in [0.3, 0.4) is 0 Å². The Bertz CT molecular complexity index is 413. The van der Waals surface area contributed by atoms with E-state index in [2.05, 4.69) is 42.9 Å². The van der Waals surface area contributed by atoms with E-state index >= 15 is 0 Å². The van der Waals surface area contributed by atoms with Crippen LogP contribution in [-0.2, 0) is 4.74 Å². The monoisotopic (exact) mass is 494 g/mol. The fourth-order valence-electron chi connectivity index (χ4n) is 4.15. The van der Waals surface area contributed by atoms with Crippen molar-refractivity contribution in [2.24, 2.45) is 16.8 Å². The van der Waals surface area contributed by atoms with Gasteiger partial charge >= 0.3 is 0 Å². The van der Waals surface area contributed by atoms with Crippen molar-refractivity contribution in [3.8, 4) is 0 Å². The lowest BCUT2D eigenvalue weighted by Crippen LogP contribution is -2.45. The number of hydrogen-bond donors (Lipinski definition) is 1. The number of ether oxygens (including phenoxy) is 1. The normalized spacial score (nSPS) is 22.6. The molecule has 5 nitrogen and oxygen atoms in total. The number of guanidine groups is 1. The van der Waals surface area contributed by atoms with Crippen LogP contribution in [-0.4, -0.2) is 74.8 Å². The van der Waals surface area contributed by atoms with Crippen LogP contribution in [0.4, 0.5) is 0 Å². The van der Waals surface area contributed by atoms with E-state index in [1.54, 1.807) is 0 Å². The van der Waals surface area contributed by atoms with Gasteiger partial charge in [-0.1, -0.05) is 20.3 Å². The number of likely N-dealkylation sites (tertiary alicyclic amines) is 1. The van der Waals surface area contributed by atoms with E-state index in [9.17, 15) is 0 Å². The van der Waals surface area contributed by atoms with Gasteiger partial charge in [-0.05, 0) is 57.4 Å². The number of piperidine rings is 1. The van der Waals surface area contributed by atoms with Crippen molar-refractivity contribution in [1.82, 2.24) is 15.1 Å². The van der Waals surface area contributed by atoms with Crippen molar-refractivity contribution in [1.29, 1.82) is 0 Å². The van der Waals surface area contributed by atoms with E-state index in [0.29, 0.717) is 6.04 Å². The van der Waals surface area contributed by atoms with Crippen LogP contribution in [0, 0.1) is 11.8 Å². The molecule has 160 valence electrons. The molecule has 0 aliphatic carbocycles. The third-order valence-corrected chi connectivity index (χ3v) is 5.71. The number of rotatable bonds is 8. The first-order chi connectivity index (χ1) is 12.6. The molecule has 2 aliphatic rings. The average Bonchev–Trinajstić information content (AvgIpc) is 2.64. The Morgan fingerprint density at radius 1 is 1.22 bits per heavy atom.